The fraction of sp³-hybridized carbons (Fsp3) is 0.379. The van der Waals surface area contributed by atoms with Crippen molar-refractivity contribution in [2.75, 3.05) is 26.0 Å². The Kier molecular flexibility index (Phi) is 10.5. The van der Waals surface area contributed by atoms with Crippen molar-refractivity contribution < 1.29 is 44.7 Å². The van der Waals surface area contributed by atoms with Crippen molar-refractivity contribution in [2.24, 2.45) is 17.6 Å². The molecule has 2 aromatic rings. The molecule has 3 aliphatic carbocycles. The molecule has 1 aromatic heterocycles. The number of halogens is 2. The molecule has 0 fully saturated rings. The van der Waals surface area contributed by atoms with Crippen LogP contribution >= 0.6 is 36.2 Å². The summed E-state index contributed by atoms with van der Waals surface area (Å²) in [7, 11) is 2.93. The minimum Gasteiger partial charge on any atom is -0.510 e. The molecule has 244 valence electrons. The smallest absolute Gasteiger partial charge is 0.255 e. The molecule has 0 spiro atoms. The van der Waals surface area contributed by atoms with E-state index in [1.807, 2.05) is 17.5 Å². The maximum Gasteiger partial charge on any atom is 0.255 e. The number of ketones is 2. The lowest BCUT2D eigenvalue weighted by Gasteiger charge is -2.53. The third-order valence-corrected chi connectivity index (χ3v) is 9.45. The van der Waals surface area contributed by atoms with Crippen molar-refractivity contribution in [1.29, 1.82) is 0 Å². The molecule has 6 atom stereocenters. The maximum atomic E-state index is 13.9. The normalized spacial score (nSPS) is 27.2. The molecule has 16 heteroatoms. The molecule has 3 aliphatic rings. The summed E-state index contributed by atoms with van der Waals surface area (Å²) in [5.74, 6) is -10.3. The summed E-state index contributed by atoms with van der Waals surface area (Å²) in [6, 6.07) is 5.37. The second-order valence-electron chi connectivity index (χ2n) is 11.2. The predicted molar refractivity (Wildman–Crippen MR) is 169 cm³/mol. The molecule has 0 saturated carbocycles. The van der Waals surface area contributed by atoms with E-state index in [9.17, 15) is 44.7 Å². The number of benzene rings is 1. The van der Waals surface area contributed by atoms with Gasteiger partial charge >= 0.3 is 0 Å². The highest BCUT2D eigenvalue weighted by atomic mass is 35.5. The van der Waals surface area contributed by atoms with Crippen LogP contribution in [0, 0.1) is 11.8 Å². The zero-order valence-electron chi connectivity index (χ0n) is 24.3. The third kappa shape index (κ3) is 5.50. The number of nitrogens with zero attached hydrogens (tertiary/aromatic N) is 1. The highest BCUT2D eigenvalue weighted by molar-refractivity contribution is 7.09. The number of carbonyl (C=O) groups is 4. The van der Waals surface area contributed by atoms with Crippen LogP contribution in [0.5, 0.6) is 5.75 Å². The molecular formula is C29H34Cl2N4O9S. The third-order valence-electron chi connectivity index (χ3n) is 8.57. The van der Waals surface area contributed by atoms with E-state index in [1.165, 1.54) is 42.5 Å². The number of rotatable bonds is 7. The Labute approximate surface area is 274 Å². The lowest BCUT2D eigenvalue weighted by atomic mass is 9.55. The van der Waals surface area contributed by atoms with E-state index >= 15 is 0 Å². The molecule has 1 heterocycles. The van der Waals surface area contributed by atoms with Crippen LogP contribution in [0.3, 0.4) is 0 Å². The Morgan fingerprint density at radius 2 is 1.78 bits per heavy atom. The first kappa shape index (κ1) is 36.0. The summed E-state index contributed by atoms with van der Waals surface area (Å²) in [6.45, 7) is 1.99. The zero-order chi connectivity index (χ0) is 31.5. The number of hydrogen-bond acceptors (Lipinski definition) is 12. The minimum atomic E-state index is -3.00. The van der Waals surface area contributed by atoms with Crippen molar-refractivity contribution >= 4 is 65.2 Å². The number of primary amides is 1. The van der Waals surface area contributed by atoms with Crippen molar-refractivity contribution in [3.63, 3.8) is 0 Å². The number of nitrogens with two attached hydrogens (primary N) is 1. The Hall–Kier alpha value is -3.50. The Morgan fingerprint density at radius 1 is 1.11 bits per heavy atom. The van der Waals surface area contributed by atoms with Gasteiger partial charge in [-0.3, -0.25) is 24.1 Å². The fourth-order valence-corrected chi connectivity index (χ4v) is 7.30. The number of amides is 2. The number of thiophene rings is 1. The number of aliphatic hydroxyl groups excluding tert-OH is 3. The molecule has 5 rings (SSSR count). The van der Waals surface area contributed by atoms with Gasteiger partial charge in [-0.2, -0.15) is 0 Å². The zero-order valence-corrected chi connectivity index (χ0v) is 26.8. The summed E-state index contributed by atoms with van der Waals surface area (Å²) in [5, 5.41) is 64.3. The second kappa shape index (κ2) is 13.1. The number of nitrogens with one attached hydrogen (secondary N) is 2. The largest absolute Gasteiger partial charge is 0.510 e. The van der Waals surface area contributed by atoms with Crippen molar-refractivity contribution in [3.8, 4) is 5.75 Å². The second-order valence-corrected chi connectivity index (χ2v) is 12.2. The van der Waals surface area contributed by atoms with Crippen LogP contribution in [0.25, 0.3) is 0 Å². The van der Waals surface area contributed by atoms with Gasteiger partial charge in [0.1, 0.15) is 17.1 Å². The first-order valence-electron chi connectivity index (χ1n) is 13.4. The number of anilines is 1. The molecule has 0 saturated heterocycles. The molecule has 4 unspecified atom stereocenters. The van der Waals surface area contributed by atoms with Crippen LogP contribution in [0.15, 0.2) is 52.3 Å². The van der Waals surface area contributed by atoms with Gasteiger partial charge < -0.3 is 41.9 Å². The van der Waals surface area contributed by atoms with Gasteiger partial charge in [0, 0.05) is 22.9 Å². The monoisotopic (exact) mass is 684 g/mol. The number of hydrogen-bond donors (Lipinski definition) is 8. The van der Waals surface area contributed by atoms with Crippen LogP contribution in [-0.4, -0.2) is 92.2 Å². The number of phenolic OH excluding ortho intramolecular Hbond substituents is 1. The van der Waals surface area contributed by atoms with Crippen LogP contribution in [0.4, 0.5) is 5.69 Å². The summed E-state index contributed by atoms with van der Waals surface area (Å²) in [4.78, 5) is 54.5. The molecule has 9 N–H and O–H groups in total. The number of phenols is 1. The lowest BCUT2D eigenvalue weighted by molar-refractivity contribution is -0.162. The topological polar surface area (TPSA) is 223 Å². The van der Waals surface area contributed by atoms with Gasteiger partial charge in [-0.15, -0.1) is 36.2 Å². The summed E-state index contributed by atoms with van der Waals surface area (Å²) in [6.07, 6.45) is -1.69. The van der Waals surface area contributed by atoms with E-state index < -0.39 is 87.3 Å². The highest BCUT2D eigenvalue weighted by Gasteiger charge is 2.67. The summed E-state index contributed by atoms with van der Waals surface area (Å²) in [5.41, 5.74) is 0.769. The van der Waals surface area contributed by atoms with E-state index in [0.717, 1.165) is 4.88 Å². The molecule has 0 aliphatic heterocycles. The number of carbonyl (C=O) groups excluding carboxylic acids is 4. The van der Waals surface area contributed by atoms with Crippen LogP contribution in [-0.2, 0) is 20.9 Å². The minimum absolute atomic E-state index is 0. The van der Waals surface area contributed by atoms with Crippen LogP contribution < -0.4 is 16.4 Å². The van der Waals surface area contributed by atoms with Gasteiger partial charge in [0.25, 0.3) is 5.91 Å². The van der Waals surface area contributed by atoms with Crippen molar-refractivity contribution in [1.82, 2.24) is 10.2 Å². The SMILES string of the molecule is CC1c2ccc(NC(=O)CNCc3cccs3)c(O)c2C(=O)C2=C(O)[C@]3(O)C(=O)C(C(N)=O)=C(O)[C@@H](N(C)C)C3C(O)C21.Cl.Cl. The molecule has 1 aromatic carbocycles. The van der Waals surface area contributed by atoms with E-state index in [4.69, 9.17) is 5.73 Å². The quantitative estimate of drug-likeness (QED) is 0.153. The molecule has 0 radical (unpaired) electrons. The fourth-order valence-electron chi connectivity index (χ4n) is 6.63. The Morgan fingerprint density at radius 3 is 2.36 bits per heavy atom. The first-order chi connectivity index (χ1) is 20.2. The molecule has 2 amide bonds. The predicted octanol–water partition coefficient (Wildman–Crippen LogP) is 1.29. The molecule has 13 nitrogen and oxygen atoms in total. The van der Waals surface area contributed by atoms with E-state index in [2.05, 4.69) is 10.6 Å². The number of aromatic hydroxyl groups is 1. The van der Waals surface area contributed by atoms with E-state index in [1.54, 1.807) is 6.92 Å². The standard InChI is InChI=1S/C29H32N4O9S.2ClH/c1-11-13-6-7-14(32-15(34)10-31-9-12-5-4-8-43-12)22(35)17(13)23(36)18-16(11)24(37)20-21(33(2)3)25(38)19(28(30)41)27(40)29(20,42)26(18)39;;/h4-8,11,16,20-21,24,31,35,37-39,42H,9-10H2,1-3H3,(H2,30,41)(H,32,34);2*1H/t11?,16?,20?,21-,24?,29-;;/m0../s1. The highest BCUT2D eigenvalue weighted by Crippen LogP contribution is 2.56. The Balaban J connectivity index is 0.00000276. The number of fused-ring (bicyclic) bond motifs is 3. The van der Waals surface area contributed by atoms with Gasteiger partial charge in [-0.05, 0) is 43.1 Å². The number of Topliss-reactive ketones (excluding diaryl/α,β-unsaturated/α-hetero) is 2. The van der Waals surface area contributed by atoms with E-state index in [0.29, 0.717) is 12.1 Å². The summed E-state index contributed by atoms with van der Waals surface area (Å²) < 4.78 is 0. The van der Waals surface area contributed by atoms with Gasteiger partial charge in [0.15, 0.2) is 17.1 Å². The lowest BCUT2D eigenvalue weighted by Crippen LogP contribution is -2.68. The van der Waals surface area contributed by atoms with Gasteiger partial charge in [0.2, 0.25) is 11.7 Å². The van der Waals surface area contributed by atoms with Gasteiger partial charge in [-0.25, -0.2) is 0 Å². The summed E-state index contributed by atoms with van der Waals surface area (Å²) >= 11 is 1.52. The average molecular weight is 686 g/mol. The molecule has 0 bridgehead atoms. The average Bonchev–Trinajstić information content (AvgIpc) is 3.45. The molecule has 45 heavy (non-hydrogen) atoms. The maximum absolute atomic E-state index is 13.9. The van der Waals surface area contributed by atoms with Crippen LogP contribution in [0.2, 0.25) is 0 Å². The Bertz CT molecular complexity index is 1610. The van der Waals surface area contributed by atoms with Crippen molar-refractivity contribution in [2.45, 2.75) is 37.1 Å². The first-order valence-corrected chi connectivity index (χ1v) is 14.3. The van der Waals surface area contributed by atoms with Crippen molar-refractivity contribution in [3.05, 3.63) is 68.3 Å². The van der Waals surface area contributed by atoms with Gasteiger partial charge in [0.05, 0.1) is 35.9 Å². The van der Waals surface area contributed by atoms with Crippen LogP contribution in [0.1, 0.15) is 33.6 Å². The molecular weight excluding hydrogens is 651 g/mol. The number of aliphatic hydroxyl groups is 4. The number of likely N-dealkylation sites (N-methyl/N-ethyl adjacent to an activating group) is 1. The van der Waals surface area contributed by atoms with E-state index in [-0.39, 0.29) is 42.6 Å². The van der Waals surface area contributed by atoms with Gasteiger partial charge in [-0.1, -0.05) is 19.1 Å².